The van der Waals surface area contributed by atoms with Crippen molar-refractivity contribution >= 4 is 11.0 Å². The number of nitrogens with zero attached hydrogens (tertiary/aromatic N) is 2. The summed E-state index contributed by atoms with van der Waals surface area (Å²) >= 11 is 0. The Hall–Kier alpha value is -3.81. The molecule has 0 amide bonds. The van der Waals surface area contributed by atoms with E-state index in [4.69, 9.17) is 15.2 Å². The Kier molecular flexibility index (Phi) is 7.03. The van der Waals surface area contributed by atoms with Crippen LogP contribution in [0.3, 0.4) is 0 Å². The Bertz CT molecular complexity index is 1510. The van der Waals surface area contributed by atoms with E-state index in [9.17, 15) is 5.11 Å². The maximum Gasteiger partial charge on any atom is 0.184 e. The molecular weight excluding hydrogens is 474 g/mol. The van der Waals surface area contributed by atoms with E-state index in [1.165, 1.54) is 0 Å². The Labute approximate surface area is 222 Å². The third-order valence-electron chi connectivity index (χ3n) is 7.22. The lowest BCUT2D eigenvalue weighted by Gasteiger charge is -2.36. The molecule has 0 radical (unpaired) electrons. The van der Waals surface area contributed by atoms with E-state index in [0.717, 1.165) is 44.4 Å². The van der Waals surface area contributed by atoms with Crippen molar-refractivity contribution in [3.8, 4) is 11.1 Å². The Balaban J connectivity index is 1.28. The highest BCUT2D eigenvalue weighted by molar-refractivity contribution is 5.74. The van der Waals surface area contributed by atoms with E-state index in [-0.39, 0.29) is 18.8 Å². The summed E-state index contributed by atoms with van der Waals surface area (Å²) in [4.78, 5) is 4.55. The zero-order chi connectivity index (χ0) is 25.9. The fraction of sp³-hybridized carbons (Fsp3) is 0.219. The van der Waals surface area contributed by atoms with Gasteiger partial charge in [0.1, 0.15) is 0 Å². The molecule has 0 unspecified atom stereocenters. The number of benzene rings is 4. The van der Waals surface area contributed by atoms with Gasteiger partial charge in [-0.15, -0.1) is 0 Å². The lowest BCUT2D eigenvalue weighted by molar-refractivity contribution is -0.252. The number of para-hydroxylation sites is 2. The van der Waals surface area contributed by atoms with Gasteiger partial charge in [-0.05, 0) is 46.0 Å². The quantitative estimate of drug-likeness (QED) is 0.288. The molecule has 0 aliphatic carbocycles. The molecule has 0 bridgehead atoms. The summed E-state index contributed by atoms with van der Waals surface area (Å²) in [6.45, 7) is 1.22. The molecule has 0 spiro atoms. The molecule has 1 aliphatic rings. The number of aliphatic hydroxyl groups is 1. The monoisotopic (exact) mass is 505 g/mol. The highest BCUT2D eigenvalue weighted by atomic mass is 16.7. The van der Waals surface area contributed by atoms with Gasteiger partial charge in [0.05, 0.1) is 42.7 Å². The summed E-state index contributed by atoms with van der Waals surface area (Å²) in [6.07, 6.45) is 1.88. The molecule has 4 aromatic carbocycles. The maximum absolute atomic E-state index is 9.47. The largest absolute Gasteiger partial charge is 0.392 e. The van der Waals surface area contributed by atoms with E-state index in [2.05, 4.69) is 52.0 Å². The molecule has 3 N–H and O–H groups in total. The number of imidazole rings is 1. The third-order valence-corrected chi connectivity index (χ3v) is 7.22. The molecule has 3 atom stereocenters. The van der Waals surface area contributed by atoms with Crippen molar-refractivity contribution in [3.63, 3.8) is 0 Å². The second kappa shape index (κ2) is 10.9. The van der Waals surface area contributed by atoms with Crippen molar-refractivity contribution < 1.29 is 14.6 Å². The summed E-state index contributed by atoms with van der Waals surface area (Å²) in [6, 6.07) is 32.8. The topological polar surface area (TPSA) is 82.5 Å². The maximum atomic E-state index is 9.47. The lowest BCUT2D eigenvalue weighted by Crippen LogP contribution is -2.32. The molecule has 38 heavy (non-hydrogen) atoms. The molecule has 5 aromatic rings. The van der Waals surface area contributed by atoms with Crippen LogP contribution in [0.1, 0.15) is 41.1 Å². The first-order valence-corrected chi connectivity index (χ1v) is 13.0. The minimum atomic E-state index is -0.504. The van der Waals surface area contributed by atoms with Gasteiger partial charge in [0.25, 0.3) is 0 Å². The zero-order valence-corrected chi connectivity index (χ0v) is 21.1. The number of aliphatic hydroxyl groups excluding tert-OH is 1. The van der Waals surface area contributed by atoms with Crippen LogP contribution >= 0.6 is 0 Å². The molecule has 6 rings (SSSR count). The molecule has 1 saturated heterocycles. The van der Waals surface area contributed by atoms with E-state index in [0.29, 0.717) is 19.5 Å². The number of rotatable bonds is 7. The van der Waals surface area contributed by atoms with Gasteiger partial charge in [-0.1, -0.05) is 78.9 Å². The summed E-state index contributed by atoms with van der Waals surface area (Å²) in [5, 5.41) is 9.47. The molecule has 1 aromatic heterocycles. The number of fused-ring (bicyclic) bond motifs is 1. The minimum absolute atomic E-state index is 0.0222. The normalized spacial score (nSPS) is 19.6. The molecule has 192 valence electrons. The van der Waals surface area contributed by atoms with Crippen molar-refractivity contribution in [3.05, 3.63) is 126 Å². The fourth-order valence-electron chi connectivity index (χ4n) is 5.12. The number of hydrogen-bond donors (Lipinski definition) is 2. The van der Waals surface area contributed by atoms with Crippen LogP contribution in [-0.4, -0.2) is 20.8 Å². The van der Waals surface area contributed by atoms with Gasteiger partial charge in [-0.25, -0.2) is 4.98 Å². The summed E-state index contributed by atoms with van der Waals surface area (Å²) in [7, 11) is 0. The SMILES string of the molecule is NCc1cccc(-c2ccc([C@H]3O[C@@H](Cn4cnc5ccccc54)C[C@@H](c4ccc(CO)cc4)O3)cc2)c1. The summed E-state index contributed by atoms with van der Waals surface area (Å²) < 4.78 is 15.2. The van der Waals surface area contributed by atoms with Crippen molar-refractivity contribution in [1.29, 1.82) is 0 Å². The van der Waals surface area contributed by atoms with Crippen LogP contribution in [0.5, 0.6) is 0 Å². The lowest BCUT2D eigenvalue weighted by atomic mass is 9.99. The Morgan fingerprint density at radius 2 is 1.61 bits per heavy atom. The highest BCUT2D eigenvalue weighted by Gasteiger charge is 2.32. The predicted octanol–water partition coefficient (Wildman–Crippen LogP) is 5.90. The number of hydrogen-bond acceptors (Lipinski definition) is 5. The average molecular weight is 506 g/mol. The zero-order valence-electron chi connectivity index (χ0n) is 21.1. The molecule has 0 saturated carbocycles. The van der Waals surface area contributed by atoms with Crippen molar-refractivity contribution in [2.45, 2.75) is 44.6 Å². The van der Waals surface area contributed by atoms with Crippen LogP contribution in [0.15, 0.2) is 103 Å². The van der Waals surface area contributed by atoms with Crippen molar-refractivity contribution in [2.75, 3.05) is 0 Å². The van der Waals surface area contributed by atoms with Gasteiger partial charge in [0.2, 0.25) is 0 Å². The first-order chi connectivity index (χ1) is 18.7. The van der Waals surface area contributed by atoms with Crippen LogP contribution in [-0.2, 0) is 29.2 Å². The van der Waals surface area contributed by atoms with Crippen LogP contribution < -0.4 is 5.73 Å². The average Bonchev–Trinajstić information content (AvgIpc) is 3.39. The molecular formula is C32H31N3O3. The van der Waals surface area contributed by atoms with E-state index in [1.807, 2.05) is 60.9 Å². The second-order valence-electron chi connectivity index (χ2n) is 9.76. The molecule has 1 aliphatic heterocycles. The van der Waals surface area contributed by atoms with Gasteiger partial charge in [0, 0.05) is 18.5 Å². The van der Waals surface area contributed by atoms with E-state index >= 15 is 0 Å². The summed E-state index contributed by atoms with van der Waals surface area (Å²) in [5.41, 5.74) is 14.2. The predicted molar refractivity (Wildman–Crippen MR) is 148 cm³/mol. The Morgan fingerprint density at radius 1 is 0.816 bits per heavy atom. The van der Waals surface area contributed by atoms with Gasteiger partial charge < -0.3 is 24.9 Å². The van der Waals surface area contributed by atoms with Crippen molar-refractivity contribution in [2.24, 2.45) is 5.73 Å². The van der Waals surface area contributed by atoms with Gasteiger partial charge in [-0.3, -0.25) is 0 Å². The van der Waals surface area contributed by atoms with Crippen LogP contribution in [0.4, 0.5) is 0 Å². The van der Waals surface area contributed by atoms with Crippen LogP contribution in [0, 0.1) is 0 Å². The van der Waals surface area contributed by atoms with Gasteiger partial charge >= 0.3 is 0 Å². The number of aromatic nitrogens is 2. The fourth-order valence-corrected chi connectivity index (χ4v) is 5.12. The third kappa shape index (κ3) is 5.12. The minimum Gasteiger partial charge on any atom is -0.392 e. The second-order valence-corrected chi connectivity index (χ2v) is 9.76. The van der Waals surface area contributed by atoms with Gasteiger partial charge in [-0.2, -0.15) is 0 Å². The molecule has 1 fully saturated rings. The Morgan fingerprint density at radius 3 is 2.39 bits per heavy atom. The van der Waals surface area contributed by atoms with Gasteiger partial charge in [0.15, 0.2) is 6.29 Å². The smallest absolute Gasteiger partial charge is 0.184 e. The molecule has 6 heteroatoms. The number of nitrogens with two attached hydrogens (primary N) is 1. The van der Waals surface area contributed by atoms with E-state index in [1.54, 1.807) is 0 Å². The first kappa shape index (κ1) is 24.5. The standard InChI is InChI=1S/C32H31N3O3/c33-18-23-4-3-5-27(16-23)24-12-14-26(15-13-24)32-37-28(19-35-21-34-29-6-1-2-7-30(29)35)17-31(38-32)25-10-8-22(20-36)9-11-25/h1-16,21,28,31-32,36H,17-20,33H2/t28-,31+,32+/m1/s1. The van der Waals surface area contributed by atoms with Crippen LogP contribution in [0.2, 0.25) is 0 Å². The van der Waals surface area contributed by atoms with E-state index < -0.39 is 6.29 Å². The highest BCUT2D eigenvalue weighted by Crippen LogP contribution is 2.39. The molecule has 2 heterocycles. The number of ether oxygens (including phenoxy) is 2. The molecule has 6 nitrogen and oxygen atoms in total. The van der Waals surface area contributed by atoms with Crippen molar-refractivity contribution in [1.82, 2.24) is 9.55 Å². The summed E-state index contributed by atoms with van der Waals surface area (Å²) in [5.74, 6) is 0. The first-order valence-electron chi connectivity index (χ1n) is 13.0. The van der Waals surface area contributed by atoms with Crippen LogP contribution in [0.25, 0.3) is 22.2 Å².